The Labute approximate surface area is 89.0 Å². The molecule has 70 valence electrons. The van der Waals surface area contributed by atoms with E-state index in [1.165, 1.54) is 11.3 Å². The van der Waals surface area contributed by atoms with E-state index in [4.69, 9.17) is 5.11 Å². The zero-order chi connectivity index (χ0) is 9.68. The monoisotopic (exact) mass is 260 g/mol. The van der Waals surface area contributed by atoms with Gasteiger partial charge in [0.1, 0.15) is 4.88 Å². The first-order chi connectivity index (χ1) is 6.24. The third-order valence-electron chi connectivity index (χ3n) is 1.40. The summed E-state index contributed by atoms with van der Waals surface area (Å²) in [5.74, 6) is -0.856. The van der Waals surface area contributed by atoms with Gasteiger partial charge < -0.3 is 5.11 Å². The number of alkyl halides is 1. The first-order valence-corrected chi connectivity index (χ1v) is 5.73. The second-order valence-electron chi connectivity index (χ2n) is 2.39. The molecule has 0 saturated heterocycles. The van der Waals surface area contributed by atoms with Gasteiger partial charge in [0.05, 0.1) is 0 Å². The highest BCUT2D eigenvalue weighted by Crippen LogP contribution is 2.17. The second-order valence-corrected chi connectivity index (χ2v) is 4.30. The van der Waals surface area contributed by atoms with Crippen LogP contribution in [0.3, 0.4) is 0 Å². The second kappa shape index (κ2) is 5.19. The van der Waals surface area contributed by atoms with Gasteiger partial charge in [0.25, 0.3) is 0 Å². The molecule has 1 rings (SSSR count). The third-order valence-corrected chi connectivity index (χ3v) is 2.89. The van der Waals surface area contributed by atoms with Gasteiger partial charge in [0.15, 0.2) is 0 Å². The topological polar surface area (TPSA) is 37.3 Å². The SMILES string of the molecule is O=C(O)c1ccc(C=CCCBr)s1. The number of carboxylic acid groups (broad SMARTS) is 1. The average Bonchev–Trinajstić information content (AvgIpc) is 2.53. The molecule has 0 unspecified atom stereocenters. The predicted octanol–water partition coefficient (Wildman–Crippen LogP) is 3.24. The molecular weight excluding hydrogens is 252 g/mol. The van der Waals surface area contributed by atoms with Crippen molar-refractivity contribution in [3.8, 4) is 0 Å². The molecule has 2 nitrogen and oxygen atoms in total. The number of carbonyl (C=O) groups is 1. The number of hydrogen-bond acceptors (Lipinski definition) is 2. The highest BCUT2D eigenvalue weighted by atomic mass is 79.9. The standard InChI is InChI=1S/C9H9BrO2S/c10-6-2-1-3-7-4-5-8(13-7)9(11)12/h1,3-5H,2,6H2,(H,11,12). The van der Waals surface area contributed by atoms with E-state index in [1.54, 1.807) is 6.07 Å². The van der Waals surface area contributed by atoms with Crippen molar-refractivity contribution in [2.24, 2.45) is 0 Å². The van der Waals surface area contributed by atoms with E-state index in [0.717, 1.165) is 16.6 Å². The first-order valence-electron chi connectivity index (χ1n) is 3.79. The molecule has 0 amide bonds. The Morgan fingerprint density at radius 3 is 2.92 bits per heavy atom. The molecule has 0 aliphatic rings. The minimum Gasteiger partial charge on any atom is -0.477 e. The molecule has 1 heterocycles. The van der Waals surface area contributed by atoms with Crippen molar-refractivity contribution in [2.45, 2.75) is 6.42 Å². The summed E-state index contributed by atoms with van der Waals surface area (Å²) >= 11 is 4.60. The maximum Gasteiger partial charge on any atom is 0.345 e. The van der Waals surface area contributed by atoms with Crippen LogP contribution < -0.4 is 0 Å². The van der Waals surface area contributed by atoms with Crippen molar-refractivity contribution in [1.82, 2.24) is 0 Å². The summed E-state index contributed by atoms with van der Waals surface area (Å²) in [5.41, 5.74) is 0. The lowest BCUT2D eigenvalue weighted by molar-refractivity contribution is 0.0702. The number of hydrogen-bond donors (Lipinski definition) is 1. The lowest BCUT2D eigenvalue weighted by Gasteiger charge is -1.84. The van der Waals surface area contributed by atoms with Crippen LogP contribution in [0.2, 0.25) is 0 Å². The lowest BCUT2D eigenvalue weighted by Crippen LogP contribution is -1.89. The number of halogens is 1. The molecule has 0 fully saturated rings. The Morgan fingerprint density at radius 2 is 2.38 bits per heavy atom. The highest BCUT2D eigenvalue weighted by molar-refractivity contribution is 9.09. The average molecular weight is 261 g/mol. The molecule has 1 aromatic heterocycles. The normalized spacial score (nSPS) is 10.8. The number of aromatic carboxylic acids is 1. The van der Waals surface area contributed by atoms with E-state index < -0.39 is 5.97 Å². The minimum atomic E-state index is -0.856. The van der Waals surface area contributed by atoms with Crippen LogP contribution in [0.4, 0.5) is 0 Å². The molecule has 1 aromatic rings. The van der Waals surface area contributed by atoms with Crippen LogP contribution in [-0.4, -0.2) is 16.4 Å². The van der Waals surface area contributed by atoms with Gasteiger partial charge in [-0.2, -0.15) is 0 Å². The van der Waals surface area contributed by atoms with Crippen molar-refractivity contribution in [3.63, 3.8) is 0 Å². The molecule has 0 radical (unpaired) electrons. The van der Waals surface area contributed by atoms with Gasteiger partial charge in [-0.15, -0.1) is 11.3 Å². The van der Waals surface area contributed by atoms with Crippen LogP contribution in [0.15, 0.2) is 18.2 Å². The first kappa shape index (κ1) is 10.5. The molecular formula is C9H9BrO2S. The van der Waals surface area contributed by atoms with E-state index in [-0.39, 0.29) is 0 Å². The van der Waals surface area contributed by atoms with Crippen LogP contribution in [0, 0.1) is 0 Å². The van der Waals surface area contributed by atoms with Crippen LogP contribution in [-0.2, 0) is 0 Å². The van der Waals surface area contributed by atoms with E-state index in [0.29, 0.717) is 4.88 Å². The Hall–Kier alpha value is -0.610. The Morgan fingerprint density at radius 1 is 1.62 bits per heavy atom. The van der Waals surface area contributed by atoms with Gasteiger partial charge in [0, 0.05) is 10.2 Å². The summed E-state index contributed by atoms with van der Waals surface area (Å²) < 4.78 is 0. The van der Waals surface area contributed by atoms with Crippen molar-refractivity contribution < 1.29 is 9.90 Å². The van der Waals surface area contributed by atoms with Gasteiger partial charge in [-0.3, -0.25) is 0 Å². The predicted molar refractivity (Wildman–Crippen MR) is 58.7 cm³/mol. The molecule has 0 saturated carbocycles. The van der Waals surface area contributed by atoms with E-state index >= 15 is 0 Å². The summed E-state index contributed by atoms with van der Waals surface area (Å²) in [6.45, 7) is 0. The Bertz CT molecular complexity index is 317. The summed E-state index contributed by atoms with van der Waals surface area (Å²) in [4.78, 5) is 11.9. The molecule has 13 heavy (non-hydrogen) atoms. The zero-order valence-corrected chi connectivity index (χ0v) is 9.27. The van der Waals surface area contributed by atoms with Crippen molar-refractivity contribution in [1.29, 1.82) is 0 Å². The van der Waals surface area contributed by atoms with Crippen LogP contribution in [0.1, 0.15) is 21.0 Å². The smallest absolute Gasteiger partial charge is 0.345 e. The Kier molecular flexibility index (Phi) is 4.18. The van der Waals surface area contributed by atoms with Crippen LogP contribution >= 0.6 is 27.3 Å². The van der Waals surface area contributed by atoms with Gasteiger partial charge in [-0.05, 0) is 24.6 Å². The molecule has 0 bridgehead atoms. The fraction of sp³-hybridized carbons (Fsp3) is 0.222. The van der Waals surface area contributed by atoms with Gasteiger partial charge in [0.2, 0.25) is 0 Å². The van der Waals surface area contributed by atoms with Crippen molar-refractivity contribution in [3.05, 3.63) is 28.0 Å². The van der Waals surface area contributed by atoms with Gasteiger partial charge in [-0.25, -0.2) is 4.79 Å². The number of thiophene rings is 1. The molecule has 0 aromatic carbocycles. The van der Waals surface area contributed by atoms with Crippen molar-refractivity contribution in [2.75, 3.05) is 5.33 Å². The number of carboxylic acids is 1. The summed E-state index contributed by atoms with van der Waals surface area (Å²) in [5, 5.41) is 9.58. The summed E-state index contributed by atoms with van der Waals surface area (Å²) in [7, 11) is 0. The lowest BCUT2D eigenvalue weighted by atomic mass is 10.3. The summed E-state index contributed by atoms with van der Waals surface area (Å²) in [6, 6.07) is 3.44. The van der Waals surface area contributed by atoms with Crippen molar-refractivity contribution >= 4 is 39.3 Å². The highest BCUT2D eigenvalue weighted by Gasteiger charge is 2.04. The molecule has 4 heteroatoms. The van der Waals surface area contributed by atoms with Gasteiger partial charge in [-0.1, -0.05) is 22.0 Å². The zero-order valence-electron chi connectivity index (χ0n) is 6.87. The quantitative estimate of drug-likeness (QED) is 0.845. The fourth-order valence-corrected chi connectivity index (χ4v) is 1.86. The third kappa shape index (κ3) is 3.32. The van der Waals surface area contributed by atoms with E-state index in [1.807, 2.05) is 18.2 Å². The van der Waals surface area contributed by atoms with Gasteiger partial charge >= 0.3 is 5.97 Å². The maximum atomic E-state index is 10.5. The van der Waals surface area contributed by atoms with E-state index in [9.17, 15) is 4.79 Å². The molecule has 0 atom stereocenters. The maximum absolute atomic E-state index is 10.5. The number of rotatable bonds is 4. The molecule has 0 spiro atoms. The number of allylic oxidation sites excluding steroid dienone is 1. The van der Waals surface area contributed by atoms with Crippen LogP contribution in [0.25, 0.3) is 6.08 Å². The largest absolute Gasteiger partial charge is 0.477 e. The molecule has 0 aliphatic carbocycles. The minimum absolute atomic E-state index is 0.387. The Balaban J connectivity index is 2.64. The molecule has 1 N–H and O–H groups in total. The molecule has 0 aliphatic heterocycles. The summed E-state index contributed by atoms with van der Waals surface area (Å²) in [6.07, 6.45) is 4.92. The fourth-order valence-electron chi connectivity index (χ4n) is 0.820. The van der Waals surface area contributed by atoms with Crippen LogP contribution in [0.5, 0.6) is 0 Å². The van der Waals surface area contributed by atoms with E-state index in [2.05, 4.69) is 15.9 Å².